The van der Waals surface area contributed by atoms with Crippen LogP contribution in [0.3, 0.4) is 0 Å². The molecule has 1 heterocycles. The highest BCUT2D eigenvalue weighted by atomic mass is 79.9. The number of amides is 1. The molecule has 1 amide bonds. The highest BCUT2D eigenvalue weighted by Gasteiger charge is 2.23. The highest BCUT2D eigenvalue weighted by molar-refractivity contribution is 9.10. The lowest BCUT2D eigenvalue weighted by Gasteiger charge is -2.33. The summed E-state index contributed by atoms with van der Waals surface area (Å²) >= 11 is 4.63. The lowest BCUT2D eigenvalue weighted by molar-refractivity contribution is -0.131. The summed E-state index contributed by atoms with van der Waals surface area (Å²) in [6.07, 6.45) is 3.28. The maximum absolute atomic E-state index is 12.3. The predicted octanol–water partition coefficient (Wildman–Crippen LogP) is 3.64. The van der Waals surface area contributed by atoms with E-state index in [0.29, 0.717) is 4.90 Å². The van der Waals surface area contributed by atoms with Crippen LogP contribution in [0.4, 0.5) is 0 Å². The molecule has 0 radical (unpaired) electrons. The molecule has 4 nitrogen and oxygen atoms in total. The lowest BCUT2D eigenvalue weighted by Crippen LogP contribution is -2.42. The van der Waals surface area contributed by atoms with Gasteiger partial charge in [-0.05, 0) is 44.4 Å². The molecule has 2 rings (SSSR count). The molecule has 1 fully saturated rings. The smallest absolute Gasteiger partial charge is 0.336 e. The minimum Gasteiger partial charge on any atom is -0.478 e. The number of aromatic carboxylic acids is 1. The quantitative estimate of drug-likeness (QED) is 0.820. The van der Waals surface area contributed by atoms with Crippen molar-refractivity contribution in [1.29, 1.82) is 0 Å². The van der Waals surface area contributed by atoms with E-state index in [2.05, 4.69) is 22.9 Å². The second-order valence-electron chi connectivity index (χ2n) is 5.17. The van der Waals surface area contributed by atoms with Gasteiger partial charge in [0, 0.05) is 22.0 Å². The number of hydrogen-bond acceptors (Lipinski definition) is 3. The molecule has 21 heavy (non-hydrogen) atoms. The Balaban J connectivity index is 2.04. The Morgan fingerprint density at radius 3 is 2.86 bits per heavy atom. The van der Waals surface area contributed by atoms with Crippen LogP contribution in [0.15, 0.2) is 27.6 Å². The molecule has 1 aromatic rings. The average molecular weight is 372 g/mol. The Labute approximate surface area is 137 Å². The molecule has 1 atom stereocenters. The molecule has 0 spiro atoms. The number of likely N-dealkylation sites (tertiary alicyclic amines) is 1. The normalized spacial score (nSPS) is 18.6. The van der Waals surface area contributed by atoms with Gasteiger partial charge in [-0.1, -0.05) is 15.9 Å². The Bertz CT molecular complexity index is 550. The first-order chi connectivity index (χ1) is 9.99. The van der Waals surface area contributed by atoms with E-state index in [0.717, 1.165) is 23.9 Å². The number of rotatable bonds is 4. The van der Waals surface area contributed by atoms with Crippen LogP contribution in [0.5, 0.6) is 0 Å². The SMILES string of the molecule is CC1CCCCN1C(=O)CSc1cc(Br)ccc1C(=O)O. The number of hydrogen-bond donors (Lipinski definition) is 1. The van der Waals surface area contributed by atoms with Crippen LogP contribution < -0.4 is 0 Å². The standard InChI is InChI=1S/C15H18BrNO3S/c1-10-4-2-3-7-17(10)14(18)9-21-13-8-11(16)5-6-12(13)15(19)20/h5-6,8,10H,2-4,7,9H2,1H3,(H,19,20). The molecule has 0 bridgehead atoms. The third-order valence-corrected chi connectivity index (χ3v) is 5.18. The van der Waals surface area contributed by atoms with Gasteiger partial charge in [0.05, 0.1) is 11.3 Å². The van der Waals surface area contributed by atoms with Crippen LogP contribution in [-0.4, -0.2) is 40.2 Å². The van der Waals surface area contributed by atoms with Gasteiger partial charge in [-0.15, -0.1) is 11.8 Å². The third kappa shape index (κ3) is 4.23. The van der Waals surface area contributed by atoms with Crippen molar-refractivity contribution in [2.75, 3.05) is 12.3 Å². The molecule has 1 unspecified atom stereocenters. The average Bonchev–Trinajstić information content (AvgIpc) is 2.45. The minimum atomic E-state index is -0.969. The third-order valence-electron chi connectivity index (χ3n) is 3.65. The van der Waals surface area contributed by atoms with E-state index in [9.17, 15) is 14.7 Å². The van der Waals surface area contributed by atoms with E-state index in [4.69, 9.17) is 0 Å². The van der Waals surface area contributed by atoms with Gasteiger partial charge in [0.1, 0.15) is 0 Å². The molecular weight excluding hydrogens is 354 g/mol. The van der Waals surface area contributed by atoms with Crippen molar-refractivity contribution in [1.82, 2.24) is 4.90 Å². The summed E-state index contributed by atoms with van der Waals surface area (Å²) in [6.45, 7) is 2.88. The topological polar surface area (TPSA) is 57.6 Å². The summed E-state index contributed by atoms with van der Waals surface area (Å²) < 4.78 is 0.814. The van der Waals surface area contributed by atoms with Crippen molar-refractivity contribution in [2.45, 2.75) is 37.1 Å². The Hall–Kier alpha value is -1.01. The molecule has 1 aliphatic rings. The van der Waals surface area contributed by atoms with Crippen molar-refractivity contribution in [3.8, 4) is 0 Å². The first-order valence-electron chi connectivity index (χ1n) is 6.94. The van der Waals surface area contributed by atoms with Crippen molar-refractivity contribution < 1.29 is 14.7 Å². The zero-order valence-electron chi connectivity index (χ0n) is 11.8. The molecule has 0 saturated carbocycles. The van der Waals surface area contributed by atoms with Crippen molar-refractivity contribution >= 4 is 39.6 Å². The highest BCUT2D eigenvalue weighted by Crippen LogP contribution is 2.27. The predicted molar refractivity (Wildman–Crippen MR) is 86.9 cm³/mol. The Morgan fingerprint density at radius 1 is 1.43 bits per heavy atom. The van der Waals surface area contributed by atoms with Crippen molar-refractivity contribution in [3.63, 3.8) is 0 Å². The maximum atomic E-state index is 12.3. The van der Waals surface area contributed by atoms with Crippen LogP contribution in [0.2, 0.25) is 0 Å². The van der Waals surface area contributed by atoms with E-state index in [1.54, 1.807) is 18.2 Å². The van der Waals surface area contributed by atoms with E-state index >= 15 is 0 Å². The number of carboxylic acids is 1. The van der Waals surface area contributed by atoms with E-state index in [-0.39, 0.29) is 23.3 Å². The van der Waals surface area contributed by atoms with Crippen LogP contribution in [0.1, 0.15) is 36.5 Å². The molecule has 1 aromatic carbocycles. The fourth-order valence-electron chi connectivity index (χ4n) is 2.48. The fourth-order valence-corrected chi connectivity index (χ4v) is 3.96. The van der Waals surface area contributed by atoms with Gasteiger partial charge in [-0.25, -0.2) is 4.79 Å². The number of thioether (sulfide) groups is 1. The maximum Gasteiger partial charge on any atom is 0.336 e. The van der Waals surface area contributed by atoms with Gasteiger partial charge in [0.25, 0.3) is 0 Å². The molecule has 1 saturated heterocycles. The van der Waals surface area contributed by atoms with Gasteiger partial charge in [0.15, 0.2) is 0 Å². The second kappa shape index (κ2) is 7.31. The zero-order chi connectivity index (χ0) is 15.4. The van der Waals surface area contributed by atoms with Crippen molar-refractivity contribution in [3.05, 3.63) is 28.2 Å². The first-order valence-corrected chi connectivity index (χ1v) is 8.72. The van der Waals surface area contributed by atoms with Gasteiger partial charge < -0.3 is 10.0 Å². The molecular formula is C15H18BrNO3S. The number of carbonyl (C=O) groups is 2. The van der Waals surface area contributed by atoms with Crippen LogP contribution >= 0.6 is 27.7 Å². The molecule has 114 valence electrons. The number of carbonyl (C=O) groups excluding carboxylic acids is 1. The monoisotopic (exact) mass is 371 g/mol. The number of piperidine rings is 1. The summed E-state index contributed by atoms with van der Waals surface area (Å²) in [6, 6.07) is 5.29. The van der Waals surface area contributed by atoms with Crippen LogP contribution in [-0.2, 0) is 4.79 Å². The molecule has 1 N–H and O–H groups in total. The minimum absolute atomic E-state index is 0.0866. The fraction of sp³-hybridized carbons (Fsp3) is 0.467. The summed E-state index contributed by atoms with van der Waals surface area (Å²) in [4.78, 5) is 26.0. The number of carboxylic acid groups (broad SMARTS) is 1. The van der Waals surface area contributed by atoms with Crippen LogP contribution in [0, 0.1) is 0 Å². The number of benzene rings is 1. The lowest BCUT2D eigenvalue weighted by atomic mass is 10.0. The second-order valence-corrected chi connectivity index (χ2v) is 7.10. The number of halogens is 1. The molecule has 1 aliphatic heterocycles. The molecule has 0 aromatic heterocycles. The first kappa shape index (κ1) is 16.4. The summed E-state index contributed by atoms with van der Waals surface area (Å²) in [5, 5.41) is 9.19. The summed E-state index contributed by atoms with van der Waals surface area (Å²) in [5.41, 5.74) is 0.239. The molecule has 6 heteroatoms. The van der Waals surface area contributed by atoms with Gasteiger partial charge in [0.2, 0.25) is 5.91 Å². The van der Waals surface area contributed by atoms with E-state index in [1.165, 1.54) is 18.2 Å². The molecule has 0 aliphatic carbocycles. The Morgan fingerprint density at radius 2 is 2.19 bits per heavy atom. The van der Waals surface area contributed by atoms with Gasteiger partial charge >= 0.3 is 5.97 Å². The summed E-state index contributed by atoms with van der Waals surface area (Å²) in [5.74, 6) is -0.603. The Kier molecular flexibility index (Phi) is 5.70. The summed E-state index contributed by atoms with van der Waals surface area (Å²) in [7, 11) is 0. The van der Waals surface area contributed by atoms with E-state index in [1.807, 2.05) is 4.90 Å². The van der Waals surface area contributed by atoms with Crippen molar-refractivity contribution in [2.24, 2.45) is 0 Å². The van der Waals surface area contributed by atoms with Crippen LogP contribution in [0.25, 0.3) is 0 Å². The van der Waals surface area contributed by atoms with Gasteiger partial charge in [-0.2, -0.15) is 0 Å². The number of nitrogens with zero attached hydrogens (tertiary/aromatic N) is 1. The largest absolute Gasteiger partial charge is 0.478 e. The van der Waals surface area contributed by atoms with Gasteiger partial charge in [-0.3, -0.25) is 4.79 Å². The van der Waals surface area contributed by atoms with E-state index < -0.39 is 5.97 Å². The zero-order valence-corrected chi connectivity index (χ0v) is 14.2.